The molecule has 0 atom stereocenters. The summed E-state index contributed by atoms with van der Waals surface area (Å²) in [6.45, 7) is 0. The Morgan fingerprint density at radius 2 is 2.37 bits per heavy atom. The van der Waals surface area contributed by atoms with Crippen LogP contribution in [-0.2, 0) is 4.74 Å². The minimum atomic E-state index is -0.680. The minimum Gasteiger partial charge on any atom is -0.453 e. The van der Waals surface area contributed by atoms with Crippen molar-refractivity contribution in [2.24, 2.45) is 0 Å². The highest BCUT2D eigenvalue weighted by Gasteiger charge is 2.15. The van der Waals surface area contributed by atoms with Gasteiger partial charge in [0.1, 0.15) is 11.6 Å². The van der Waals surface area contributed by atoms with Crippen LogP contribution in [0.4, 0.5) is 10.6 Å². The Balaban J connectivity index is 2.49. The van der Waals surface area contributed by atoms with Crippen LogP contribution in [0.25, 0.3) is 5.69 Å². The van der Waals surface area contributed by atoms with Crippen LogP contribution in [0.2, 0.25) is 5.02 Å². The summed E-state index contributed by atoms with van der Waals surface area (Å²) in [5.41, 5.74) is 0.853. The first-order valence-electron chi connectivity index (χ1n) is 5.24. The zero-order valence-corrected chi connectivity index (χ0v) is 10.7. The van der Waals surface area contributed by atoms with E-state index in [1.54, 1.807) is 24.3 Å². The number of anilines is 1. The SMILES string of the molecule is COC(=O)Nc1c(C#N)cnn1-c1cccc(Cl)c1. The molecule has 2 aromatic rings. The van der Waals surface area contributed by atoms with E-state index in [2.05, 4.69) is 15.2 Å². The second-order valence-electron chi connectivity index (χ2n) is 3.53. The van der Waals surface area contributed by atoms with Gasteiger partial charge in [-0.1, -0.05) is 17.7 Å². The van der Waals surface area contributed by atoms with Crippen molar-refractivity contribution in [2.45, 2.75) is 0 Å². The predicted octanol–water partition coefficient (Wildman–Crippen LogP) is 2.58. The minimum absolute atomic E-state index is 0.227. The van der Waals surface area contributed by atoms with E-state index in [1.165, 1.54) is 18.0 Å². The zero-order valence-electron chi connectivity index (χ0n) is 9.92. The maximum absolute atomic E-state index is 11.3. The third-order valence-electron chi connectivity index (χ3n) is 2.35. The number of carbonyl (C=O) groups excluding carboxylic acids is 1. The van der Waals surface area contributed by atoms with Crippen molar-refractivity contribution >= 4 is 23.5 Å². The number of amides is 1. The number of hydrogen-bond donors (Lipinski definition) is 1. The Morgan fingerprint density at radius 1 is 1.58 bits per heavy atom. The van der Waals surface area contributed by atoms with Gasteiger partial charge in [0, 0.05) is 5.02 Å². The molecule has 1 heterocycles. The van der Waals surface area contributed by atoms with Gasteiger partial charge in [-0.3, -0.25) is 5.32 Å². The quantitative estimate of drug-likeness (QED) is 0.914. The molecule has 1 aromatic carbocycles. The summed E-state index contributed by atoms with van der Waals surface area (Å²) in [5.74, 6) is 0.233. The highest BCUT2D eigenvalue weighted by molar-refractivity contribution is 6.30. The fourth-order valence-corrected chi connectivity index (χ4v) is 1.69. The lowest BCUT2D eigenvalue weighted by atomic mass is 10.3. The summed E-state index contributed by atoms with van der Waals surface area (Å²) in [6, 6.07) is 8.82. The van der Waals surface area contributed by atoms with Crippen molar-refractivity contribution in [3.63, 3.8) is 0 Å². The molecule has 1 amide bonds. The lowest BCUT2D eigenvalue weighted by Crippen LogP contribution is -2.15. The van der Waals surface area contributed by atoms with E-state index >= 15 is 0 Å². The van der Waals surface area contributed by atoms with Crippen LogP contribution in [0, 0.1) is 11.3 Å². The van der Waals surface area contributed by atoms with E-state index in [1.807, 2.05) is 6.07 Å². The summed E-state index contributed by atoms with van der Waals surface area (Å²) in [7, 11) is 1.24. The average Bonchev–Trinajstić information content (AvgIpc) is 2.81. The van der Waals surface area contributed by atoms with Gasteiger partial charge in [0.2, 0.25) is 0 Å². The molecule has 1 N–H and O–H groups in total. The van der Waals surface area contributed by atoms with Crippen LogP contribution in [-0.4, -0.2) is 23.0 Å². The van der Waals surface area contributed by atoms with Gasteiger partial charge in [-0.05, 0) is 18.2 Å². The van der Waals surface area contributed by atoms with Crippen molar-refractivity contribution in [1.29, 1.82) is 5.26 Å². The highest BCUT2D eigenvalue weighted by Crippen LogP contribution is 2.21. The van der Waals surface area contributed by atoms with Gasteiger partial charge >= 0.3 is 6.09 Å². The smallest absolute Gasteiger partial charge is 0.412 e. The molecule has 7 heteroatoms. The van der Waals surface area contributed by atoms with Crippen LogP contribution in [0.5, 0.6) is 0 Å². The Hall–Kier alpha value is -2.52. The number of nitriles is 1. The number of nitrogens with zero attached hydrogens (tertiary/aromatic N) is 3. The molecule has 0 saturated heterocycles. The number of benzene rings is 1. The molecule has 0 radical (unpaired) electrons. The topological polar surface area (TPSA) is 79.9 Å². The first kappa shape index (κ1) is 12.9. The predicted molar refractivity (Wildman–Crippen MR) is 69.3 cm³/mol. The second kappa shape index (κ2) is 5.42. The molecule has 0 unspecified atom stereocenters. The molecular formula is C12H9ClN4O2. The number of ether oxygens (including phenoxy) is 1. The number of aromatic nitrogens is 2. The largest absolute Gasteiger partial charge is 0.453 e. The zero-order chi connectivity index (χ0) is 13.8. The van der Waals surface area contributed by atoms with Gasteiger partial charge < -0.3 is 4.74 Å². The fraction of sp³-hybridized carbons (Fsp3) is 0.0833. The van der Waals surface area contributed by atoms with Crippen molar-refractivity contribution in [3.05, 3.63) is 41.0 Å². The van der Waals surface area contributed by atoms with E-state index in [-0.39, 0.29) is 11.4 Å². The first-order valence-corrected chi connectivity index (χ1v) is 5.62. The molecule has 0 saturated carbocycles. The van der Waals surface area contributed by atoms with E-state index in [0.717, 1.165) is 0 Å². The van der Waals surface area contributed by atoms with Crippen LogP contribution in [0.1, 0.15) is 5.56 Å². The molecule has 0 bridgehead atoms. The van der Waals surface area contributed by atoms with E-state index in [9.17, 15) is 4.79 Å². The average molecular weight is 277 g/mol. The molecule has 2 rings (SSSR count). The van der Waals surface area contributed by atoms with Gasteiger partial charge in [-0.15, -0.1) is 0 Å². The molecule has 0 fully saturated rings. The Labute approximate surface area is 114 Å². The molecule has 0 aliphatic carbocycles. The maximum Gasteiger partial charge on any atom is 0.412 e. The summed E-state index contributed by atoms with van der Waals surface area (Å²) in [6.07, 6.45) is 0.673. The Morgan fingerprint density at radius 3 is 3.00 bits per heavy atom. The summed E-state index contributed by atoms with van der Waals surface area (Å²) < 4.78 is 5.92. The van der Waals surface area contributed by atoms with Crippen LogP contribution >= 0.6 is 11.6 Å². The lowest BCUT2D eigenvalue weighted by molar-refractivity contribution is 0.186. The Bertz CT molecular complexity index is 660. The summed E-state index contributed by atoms with van der Waals surface area (Å²) in [5, 5.41) is 16.0. The van der Waals surface area contributed by atoms with Gasteiger partial charge in [0.15, 0.2) is 5.82 Å². The number of methoxy groups -OCH3 is 1. The summed E-state index contributed by atoms with van der Waals surface area (Å²) in [4.78, 5) is 11.3. The van der Waals surface area contributed by atoms with Gasteiger partial charge in [-0.25, -0.2) is 9.48 Å². The van der Waals surface area contributed by atoms with Crippen molar-refractivity contribution < 1.29 is 9.53 Å². The van der Waals surface area contributed by atoms with Crippen LogP contribution in [0.3, 0.4) is 0 Å². The lowest BCUT2D eigenvalue weighted by Gasteiger charge is -2.08. The van der Waals surface area contributed by atoms with Crippen LogP contribution < -0.4 is 5.32 Å². The maximum atomic E-state index is 11.3. The van der Waals surface area contributed by atoms with Crippen molar-refractivity contribution in [1.82, 2.24) is 9.78 Å². The first-order chi connectivity index (χ1) is 9.15. The molecule has 19 heavy (non-hydrogen) atoms. The monoisotopic (exact) mass is 276 g/mol. The molecule has 0 aliphatic heterocycles. The Kier molecular flexibility index (Phi) is 3.68. The van der Waals surface area contributed by atoms with E-state index in [0.29, 0.717) is 10.7 Å². The molecular weight excluding hydrogens is 268 g/mol. The van der Waals surface area contributed by atoms with Crippen molar-refractivity contribution in [2.75, 3.05) is 12.4 Å². The van der Waals surface area contributed by atoms with Gasteiger partial charge in [0.25, 0.3) is 0 Å². The number of nitrogens with one attached hydrogen (secondary N) is 1. The number of carbonyl (C=O) groups is 1. The summed E-state index contributed by atoms with van der Waals surface area (Å²) >= 11 is 5.90. The third kappa shape index (κ3) is 2.67. The van der Waals surface area contributed by atoms with Crippen molar-refractivity contribution in [3.8, 4) is 11.8 Å². The molecule has 96 valence electrons. The molecule has 1 aromatic heterocycles. The molecule has 0 aliphatic rings. The van der Waals surface area contributed by atoms with Gasteiger partial charge in [-0.2, -0.15) is 10.4 Å². The third-order valence-corrected chi connectivity index (χ3v) is 2.58. The standard InChI is InChI=1S/C12H9ClN4O2/c1-19-12(18)16-11-8(6-14)7-15-17(11)10-4-2-3-9(13)5-10/h2-5,7H,1H3,(H,16,18). The number of rotatable bonds is 2. The van der Waals surface area contributed by atoms with E-state index < -0.39 is 6.09 Å². The van der Waals surface area contributed by atoms with E-state index in [4.69, 9.17) is 16.9 Å². The molecule has 0 spiro atoms. The normalized spacial score (nSPS) is 9.74. The number of hydrogen-bond acceptors (Lipinski definition) is 4. The number of halogens is 1. The second-order valence-corrected chi connectivity index (χ2v) is 3.96. The fourth-order valence-electron chi connectivity index (χ4n) is 1.50. The molecule has 6 nitrogen and oxygen atoms in total. The van der Waals surface area contributed by atoms with Crippen LogP contribution in [0.15, 0.2) is 30.5 Å². The highest BCUT2D eigenvalue weighted by atomic mass is 35.5. The van der Waals surface area contributed by atoms with Gasteiger partial charge in [0.05, 0.1) is 19.0 Å².